The summed E-state index contributed by atoms with van der Waals surface area (Å²) in [6, 6.07) is 1.17. The maximum atomic E-state index is 12.4. The van der Waals surface area contributed by atoms with Crippen LogP contribution < -0.4 is 10.5 Å². The van der Waals surface area contributed by atoms with Gasteiger partial charge in [-0.25, -0.2) is 23.1 Å². The van der Waals surface area contributed by atoms with E-state index in [0.717, 1.165) is 49.1 Å². The van der Waals surface area contributed by atoms with Gasteiger partial charge in [-0.3, -0.25) is 9.89 Å². The Morgan fingerprint density at radius 3 is 2.59 bits per heavy atom. The van der Waals surface area contributed by atoms with Gasteiger partial charge in [-0.2, -0.15) is 0 Å². The highest BCUT2D eigenvalue weighted by Gasteiger charge is 2.30. The average Bonchev–Trinajstić information content (AvgIpc) is 3.17. The number of hydrogen-bond acceptors (Lipinski definition) is 6. The van der Waals surface area contributed by atoms with Gasteiger partial charge in [0.25, 0.3) is 5.56 Å². The number of rotatable bonds is 3. The molecule has 1 unspecified atom stereocenters. The van der Waals surface area contributed by atoms with Gasteiger partial charge in [-0.1, -0.05) is 6.92 Å². The topological polar surface area (TPSA) is 101 Å². The zero-order chi connectivity index (χ0) is 19.2. The van der Waals surface area contributed by atoms with E-state index in [1.807, 2.05) is 6.92 Å². The highest BCUT2D eigenvalue weighted by molar-refractivity contribution is 7.91. The summed E-state index contributed by atoms with van der Waals surface area (Å²) < 4.78 is 24.9. The SMILES string of the molecule is Cc1nc(N2CCC(C)CC2)ncc1-c1cc(=O)n(C2CCS(=O)(=O)C2)[nH]1. The van der Waals surface area contributed by atoms with E-state index in [2.05, 4.69) is 26.9 Å². The number of aryl methyl sites for hydroxylation is 1. The highest BCUT2D eigenvalue weighted by Crippen LogP contribution is 2.26. The molecule has 2 aromatic rings. The van der Waals surface area contributed by atoms with Gasteiger partial charge in [-0.05, 0) is 32.1 Å². The van der Waals surface area contributed by atoms with E-state index >= 15 is 0 Å². The number of aromatic nitrogens is 4. The van der Waals surface area contributed by atoms with Crippen LogP contribution in [0, 0.1) is 12.8 Å². The molecule has 0 aromatic carbocycles. The molecule has 2 aliphatic heterocycles. The highest BCUT2D eigenvalue weighted by atomic mass is 32.2. The van der Waals surface area contributed by atoms with Crippen LogP contribution in [-0.2, 0) is 9.84 Å². The molecule has 2 saturated heterocycles. The van der Waals surface area contributed by atoms with Crippen molar-refractivity contribution in [1.29, 1.82) is 0 Å². The zero-order valence-corrected chi connectivity index (χ0v) is 16.5. The van der Waals surface area contributed by atoms with Crippen molar-refractivity contribution in [2.45, 2.75) is 39.2 Å². The van der Waals surface area contributed by atoms with E-state index in [1.165, 1.54) is 10.7 Å². The quantitative estimate of drug-likeness (QED) is 0.852. The average molecular weight is 391 g/mol. The smallest absolute Gasteiger partial charge is 0.267 e. The molecule has 146 valence electrons. The van der Waals surface area contributed by atoms with Gasteiger partial charge in [0, 0.05) is 30.9 Å². The van der Waals surface area contributed by atoms with Gasteiger partial charge in [0.15, 0.2) is 9.84 Å². The van der Waals surface area contributed by atoms with Crippen LogP contribution >= 0.6 is 0 Å². The maximum Gasteiger partial charge on any atom is 0.267 e. The molecule has 0 aliphatic carbocycles. The molecule has 2 aliphatic rings. The van der Waals surface area contributed by atoms with Gasteiger partial charge in [0.05, 0.1) is 28.9 Å². The lowest BCUT2D eigenvalue weighted by Gasteiger charge is -2.30. The monoisotopic (exact) mass is 391 g/mol. The molecule has 2 aromatic heterocycles. The minimum Gasteiger partial charge on any atom is -0.341 e. The zero-order valence-electron chi connectivity index (χ0n) is 15.7. The Morgan fingerprint density at radius 1 is 1.22 bits per heavy atom. The second-order valence-corrected chi connectivity index (χ2v) is 10.0. The number of aromatic amines is 1. The third-order valence-corrected chi connectivity index (χ3v) is 7.39. The summed E-state index contributed by atoms with van der Waals surface area (Å²) in [5.41, 5.74) is 1.97. The second-order valence-electron chi connectivity index (χ2n) is 7.77. The van der Waals surface area contributed by atoms with Gasteiger partial charge in [-0.15, -0.1) is 0 Å². The lowest BCUT2D eigenvalue weighted by Crippen LogP contribution is -2.34. The number of H-pyrrole nitrogens is 1. The first-order valence-corrected chi connectivity index (χ1v) is 11.3. The largest absolute Gasteiger partial charge is 0.341 e. The Hall–Kier alpha value is -2.16. The fraction of sp³-hybridized carbons (Fsp3) is 0.611. The molecule has 0 amide bonds. The predicted octanol–water partition coefficient (Wildman–Crippen LogP) is 1.54. The standard InChI is InChI=1S/C18H25N5O3S/c1-12-3-6-22(7-4-12)18-19-10-15(13(2)20-18)16-9-17(24)23(21-16)14-5-8-27(25,26)11-14/h9-10,12,14,21H,3-8,11H2,1-2H3. The molecule has 0 bridgehead atoms. The third-order valence-electron chi connectivity index (χ3n) is 5.64. The first-order chi connectivity index (χ1) is 12.8. The first kappa shape index (κ1) is 18.2. The van der Waals surface area contributed by atoms with Crippen molar-refractivity contribution >= 4 is 15.8 Å². The van der Waals surface area contributed by atoms with Crippen LogP contribution in [0.1, 0.15) is 37.9 Å². The molecule has 0 spiro atoms. The minimum atomic E-state index is -3.06. The fourth-order valence-corrected chi connectivity index (χ4v) is 5.58. The molecule has 27 heavy (non-hydrogen) atoms. The van der Waals surface area contributed by atoms with Crippen molar-refractivity contribution in [3.05, 3.63) is 28.3 Å². The summed E-state index contributed by atoms with van der Waals surface area (Å²) in [7, 11) is -3.06. The number of nitrogens with zero attached hydrogens (tertiary/aromatic N) is 4. The summed E-state index contributed by atoms with van der Waals surface area (Å²) in [6.45, 7) is 6.10. The molecule has 1 N–H and O–H groups in total. The lowest BCUT2D eigenvalue weighted by molar-refractivity contribution is 0.434. The van der Waals surface area contributed by atoms with Gasteiger partial charge in [0.1, 0.15) is 0 Å². The minimum absolute atomic E-state index is 0.00859. The van der Waals surface area contributed by atoms with Crippen molar-refractivity contribution in [1.82, 2.24) is 19.7 Å². The van der Waals surface area contributed by atoms with Crippen LogP contribution in [0.3, 0.4) is 0 Å². The van der Waals surface area contributed by atoms with E-state index in [9.17, 15) is 13.2 Å². The molecule has 1 atom stereocenters. The number of anilines is 1. The maximum absolute atomic E-state index is 12.4. The summed E-state index contributed by atoms with van der Waals surface area (Å²) in [6.07, 6.45) is 4.50. The Bertz CT molecular complexity index is 1000. The van der Waals surface area contributed by atoms with Gasteiger partial charge >= 0.3 is 0 Å². The van der Waals surface area contributed by atoms with Crippen molar-refractivity contribution in [3.63, 3.8) is 0 Å². The molecular formula is C18H25N5O3S. The Balaban J connectivity index is 1.59. The predicted molar refractivity (Wildman–Crippen MR) is 104 cm³/mol. The van der Waals surface area contributed by atoms with E-state index < -0.39 is 9.84 Å². The van der Waals surface area contributed by atoms with Crippen LogP contribution in [0.25, 0.3) is 11.3 Å². The summed E-state index contributed by atoms with van der Waals surface area (Å²) in [5.74, 6) is 1.61. The molecule has 8 nitrogen and oxygen atoms in total. The molecule has 9 heteroatoms. The molecule has 4 heterocycles. The molecule has 4 rings (SSSR count). The number of piperidine rings is 1. The normalized spacial score (nSPS) is 23.0. The summed E-state index contributed by atoms with van der Waals surface area (Å²) in [5, 5.41) is 3.07. The number of hydrogen-bond donors (Lipinski definition) is 1. The first-order valence-electron chi connectivity index (χ1n) is 9.43. The fourth-order valence-electron chi connectivity index (χ4n) is 3.88. The molecule has 2 fully saturated rings. The molecular weight excluding hydrogens is 366 g/mol. The van der Waals surface area contributed by atoms with E-state index in [4.69, 9.17) is 0 Å². The van der Waals surface area contributed by atoms with Gasteiger partial charge in [0.2, 0.25) is 5.95 Å². The van der Waals surface area contributed by atoms with Crippen LogP contribution in [0.2, 0.25) is 0 Å². The van der Waals surface area contributed by atoms with Crippen molar-refractivity contribution in [2.24, 2.45) is 5.92 Å². The lowest BCUT2D eigenvalue weighted by atomic mass is 10.00. The Kier molecular flexibility index (Phi) is 4.57. The van der Waals surface area contributed by atoms with E-state index in [-0.39, 0.29) is 23.1 Å². The van der Waals surface area contributed by atoms with E-state index in [0.29, 0.717) is 12.1 Å². The third kappa shape index (κ3) is 3.65. The van der Waals surface area contributed by atoms with Crippen molar-refractivity contribution in [2.75, 3.05) is 29.5 Å². The Labute approximate surface area is 158 Å². The Morgan fingerprint density at radius 2 is 1.96 bits per heavy atom. The molecule has 0 radical (unpaired) electrons. The van der Waals surface area contributed by atoms with Crippen LogP contribution in [-0.4, -0.2) is 52.8 Å². The van der Waals surface area contributed by atoms with Gasteiger partial charge < -0.3 is 4.90 Å². The number of nitrogens with one attached hydrogen (secondary N) is 1. The van der Waals surface area contributed by atoms with Crippen molar-refractivity contribution in [3.8, 4) is 11.3 Å². The summed E-state index contributed by atoms with van der Waals surface area (Å²) >= 11 is 0. The van der Waals surface area contributed by atoms with Crippen LogP contribution in [0.15, 0.2) is 17.1 Å². The van der Waals surface area contributed by atoms with E-state index in [1.54, 1.807) is 6.20 Å². The van der Waals surface area contributed by atoms with Crippen LogP contribution in [0.5, 0.6) is 0 Å². The summed E-state index contributed by atoms with van der Waals surface area (Å²) in [4.78, 5) is 23.7. The van der Waals surface area contributed by atoms with Crippen molar-refractivity contribution < 1.29 is 8.42 Å². The number of sulfone groups is 1. The molecule has 0 saturated carbocycles. The van der Waals surface area contributed by atoms with Crippen LogP contribution in [0.4, 0.5) is 5.95 Å². The second kappa shape index (κ2) is 6.78.